The summed E-state index contributed by atoms with van der Waals surface area (Å²) in [6.07, 6.45) is 2.30. The van der Waals surface area contributed by atoms with Crippen LogP contribution in [0.3, 0.4) is 0 Å². The fraction of sp³-hybridized carbons (Fsp3) is 0.286. The van der Waals surface area contributed by atoms with Crippen LogP contribution >= 0.6 is 0 Å². The Morgan fingerprint density at radius 3 is 2.92 bits per heavy atom. The number of para-hydroxylation sites is 2. The maximum atomic E-state index is 12.2. The van der Waals surface area contributed by atoms with Crippen LogP contribution in [0, 0.1) is 6.92 Å². The van der Waals surface area contributed by atoms with E-state index in [0.717, 1.165) is 17.0 Å². The molecule has 2 aromatic carbocycles. The van der Waals surface area contributed by atoms with Gasteiger partial charge in [0.15, 0.2) is 11.5 Å². The second kappa shape index (κ2) is 7.12. The molecule has 26 heavy (non-hydrogen) atoms. The predicted octanol–water partition coefficient (Wildman–Crippen LogP) is 3.30. The Morgan fingerprint density at radius 1 is 1.19 bits per heavy atom. The first-order valence-corrected chi connectivity index (χ1v) is 8.90. The molecule has 0 saturated heterocycles. The Labute approximate surface area is 152 Å². The first-order chi connectivity index (χ1) is 12.7. The highest BCUT2D eigenvalue weighted by Crippen LogP contribution is 2.30. The summed E-state index contributed by atoms with van der Waals surface area (Å²) in [5.74, 6) is 1.50. The minimum Gasteiger partial charge on any atom is -0.486 e. The van der Waals surface area contributed by atoms with Gasteiger partial charge in [0.05, 0.1) is 6.54 Å². The van der Waals surface area contributed by atoms with Crippen LogP contribution in [0.4, 0.5) is 0 Å². The van der Waals surface area contributed by atoms with Gasteiger partial charge in [0.2, 0.25) is 5.91 Å². The monoisotopic (exact) mass is 350 g/mol. The number of aromatic nitrogens is 1. The van der Waals surface area contributed by atoms with Gasteiger partial charge in [-0.2, -0.15) is 0 Å². The standard InChI is InChI=1S/C21H22N2O3/c1-15-6-7-18-16(12-15)8-10-23(18)11-9-21(24)22-13-17-14-25-19-4-2-3-5-20(19)26-17/h2-8,10,12,17H,9,11,13-14H2,1H3,(H,22,24). The predicted molar refractivity (Wildman–Crippen MR) is 101 cm³/mol. The fourth-order valence-electron chi connectivity index (χ4n) is 3.22. The molecule has 0 bridgehead atoms. The zero-order valence-corrected chi connectivity index (χ0v) is 14.8. The van der Waals surface area contributed by atoms with Gasteiger partial charge in [0.1, 0.15) is 12.7 Å². The molecule has 0 aliphatic carbocycles. The first kappa shape index (κ1) is 16.5. The van der Waals surface area contributed by atoms with Gasteiger partial charge in [0.25, 0.3) is 0 Å². The lowest BCUT2D eigenvalue weighted by molar-refractivity contribution is -0.121. The number of ether oxygens (including phenoxy) is 2. The van der Waals surface area contributed by atoms with Gasteiger partial charge in [-0.05, 0) is 42.6 Å². The Balaban J connectivity index is 1.28. The number of fused-ring (bicyclic) bond motifs is 2. The van der Waals surface area contributed by atoms with Crippen molar-refractivity contribution in [3.8, 4) is 11.5 Å². The highest BCUT2D eigenvalue weighted by Gasteiger charge is 2.20. The molecule has 1 N–H and O–H groups in total. The van der Waals surface area contributed by atoms with Crippen LogP contribution in [0.2, 0.25) is 0 Å². The molecule has 4 rings (SSSR count). The molecule has 5 nitrogen and oxygen atoms in total. The Morgan fingerprint density at radius 2 is 2.04 bits per heavy atom. The summed E-state index contributed by atoms with van der Waals surface area (Å²) in [5.41, 5.74) is 2.40. The maximum Gasteiger partial charge on any atom is 0.221 e. The lowest BCUT2D eigenvalue weighted by atomic mass is 10.2. The van der Waals surface area contributed by atoms with Crippen LogP contribution in [0.25, 0.3) is 10.9 Å². The molecule has 0 spiro atoms. The molecule has 1 amide bonds. The maximum absolute atomic E-state index is 12.2. The van der Waals surface area contributed by atoms with Crippen molar-refractivity contribution in [1.29, 1.82) is 0 Å². The van der Waals surface area contributed by atoms with E-state index >= 15 is 0 Å². The number of carbonyl (C=O) groups excluding carboxylic acids is 1. The number of benzene rings is 2. The summed E-state index contributed by atoms with van der Waals surface area (Å²) in [6, 6.07) is 16.0. The van der Waals surface area contributed by atoms with Crippen molar-refractivity contribution in [2.75, 3.05) is 13.2 Å². The average molecular weight is 350 g/mol. The third kappa shape index (κ3) is 3.52. The van der Waals surface area contributed by atoms with Crippen molar-refractivity contribution in [3.05, 3.63) is 60.3 Å². The molecule has 134 valence electrons. The van der Waals surface area contributed by atoms with Crippen molar-refractivity contribution in [1.82, 2.24) is 9.88 Å². The molecule has 0 saturated carbocycles. The second-order valence-corrected chi connectivity index (χ2v) is 6.62. The lowest BCUT2D eigenvalue weighted by Gasteiger charge is -2.26. The van der Waals surface area contributed by atoms with Crippen LogP contribution in [-0.2, 0) is 11.3 Å². The Kier molecular flexibility index (Phi) is 4.52. The van der Waals surface area contributed by atoms with Crippen molar-refractivity contribution < 1.29 is 14.3 Å². The van der Waals surface area contributed by atoms with Gasteiger partial charge in [0, 0.05) is 24.7 Å². The first-order valence-electron chi connectivity index (χ1n) is 8.90. The highest BCUT2D eigenvalue weighted by atomic mass is 16.6. The van der Waals surface area contributed by atoms with Crippen LogP contribution in [0.1, 0.15) is 12.0 Å². The van der Waals surface area contributed by atoms with Gasteiger partial charge in [-0.25, -0.2) is 0 Å². The molecule has 1 aliphatic heterocycles. The van der Waals surface area contributed by atoms with E-state index in [1.54, 1.807) is 0 Å². The molecule has 1 aromatic heterocycles. The van der Waals surface area contributed by atoms with Crippen molar-refractivity contribution >= 4 is 16.8 Å². The van der Waals surface area contributed by atoms with Gasteiger partial charge in [-0.1, -0.05) is 23.8 Å². The largest absolute Gasteiger partial charge is 0.486 e. The summed E-state index contributed by atoms with van der Waals surface area (Å²) >= 11 is 0. The summed E-state index contributed by atoms with van der Waals surface area (Å²) in [4.78, 5) is 12.2. The quantitative estimate of drug-likeness (QED) is 0.768. The fourth-order valence-corrected chi connectivity index (χ4v) is 3.22. The van der Waals surface area contributed by atoms with Crippen molar-refractivity contribution in [2.24, 2.45) is 0 Å². The second-order valence-electron chi connectivity index (χ2n) is 6.62. The van der Waals surface area contributed by atoms with Crippen molar-refractivity contribution in [2.45, 2.75) is 26.0 Å². The molecule has 0 radical (unpaired) electrons. The van der Waals surface area contributed by atoms with E-state index in [9.17, 15) is 4.79 Å². The molecule has 1 atom stereocenters. The topological polar surface area (TPSA) is 52.5 Å². The lowest BCUT2D eigenvalue weighted by Crippen LogP contribution is -2.40. The van der Waals surface area contributed by atoms with E-state index in [-0.39, 0.29) is 12.0 Å². The smallest absolute Gasteiger partial charge is 0.221 e. The van der Waals surface area contributed by atoms with Crippen LogP contribution in [0.5, 0.6) is 11.5 Å². The SMILES string of the molecule is Cc1ccc2c(ccn2CCC(=O)NCC2COc3ccccc3O2)c1. The summed E-state index contributed by atoms with van der Waals surface area (Å²) in [7, 11) is 0. The number of amides is 1. The Bertz CT molecular complexity index is 932. The number of aryl methyl sites for hydroxylation is 2. The van der Waals surface area contributed by atoms with E-state index in [0.29, 0.717) is 26.1 Å². The zero-order valence-electron chi connectivity index (χ0n) is 14.8. The van der Waals surface area contributed by atoms with E-state index in [4.69, 9.17) is 9.47 Å². The molecule has 0 fully saturated rings. The minimum absolute atomic E-state index is 0.0152. The third-order valence-corrected chi connectivity index (χ3v) is 4.60. The highest BCUT2D eigenvalue weighted by molar-refractivity contribution is 5.81. The summed E-state index contributed by atoms with van der Waals surface area (Å²) in [6.45, 7) is 3.63. The number of hydrogen-bond donors (Lipinski definition) is 1. The Hall–Kier alpha value is -2.95. The van der Waals surface area contributed by atoms with Crippen LogP contribution in [-0.4, -0.2) is 29.7 Å². The van der Waals surface area contributed by atoms with Gasteiger partial charge >= 0.3 is 0 Å². The van der Waals surface area contributed by atoms with E-state index in [2.05, 4.69) is 41.1 Å². The minimum atomic E-state index is -0.163. The number of hydrogen-bond acceptors (Lipinski definition) is 3. The van der Waals surface area contributed by atoms with Gasteiger partial charge in [-0.15, -0.1) is 0 Å². The normalized spacial score (nSPS) is 15.8. The summed E-state index contributed by atoms with van der Waals surface area (Å²) < 4.78 is 13.6. The molecule has 3 aromatic rings. The van der Waals surface area contributed by atoms with Gasteiger partial charge in [-0.3, -0.25) is 4.79 Å². The van der Waals surface area contributed by atoms with E-state index < -0.39 is 0 Å². The number of carbonyl (C=O) groups is 1. The molecule has 2 heterocycles. The zero-order chi connectivity index (χ0) is 17.9. The van der Waals surface area contributed by atoms with E-state index in [1.807, 2.05) is 30.5 Å². The molecule has 1 unspecified atom stereocenters. The third-order valence-electron chi connectivity index (χ3n) is 4.60. The number of nitrogens with one attached hydrogen (secondary N) is 1. The molecular weight excluding hydrogens is 328 g/mol. The van der Waals surface area contributed by atoms with Crippen LogP contribution in [0.15, 0.2) is 54.7 Å². The molecular formula is C21H22N2O3. The molecule has 1 aliphatic rings. The van der Waals surface area contributed by atoms with Gasteiger partial charge < -0.3 is 19.4 Å². The molecule has 5 heteroatoms. The number of rotatable bonds is 5. The van der Waals surface area contributed by atoms with E-state index in [1.165, 1.54) is 10.9 Å². The summed E-state index contributed by atoms with van der Waals surface area (Å²) in [5, 5.41) is 4.15. The average Bonchev–Trinajstić information content (AvgIpc) is 3.06. The van der Waals surface area contributed by atoms with Crippen LogP contribution < -0.4 is 14.8 Å². The van der Waals surface area contributed by atoms with Crippen molar-refractivity contribution in [3.63, 3.8) is 0 Å². The number of nitrogens with zero attached hydrogens (tertiary/aromatic N) is 1.